The van der Waals surface area contributed by atoms with Gasteiger partial charge >= 0.3 is 0 Å². The van der Waals surface area contributed by atoms with E-state index >= 15 is 0 Å². The summed E-state index contributed by atoms with van der Waals surface area (Å²) in [6, 6.07) is 8.17. The van der Waals surface area contributed by atoms with E-state index in [4.69, 9.17) is 10.5 Å². The molecule has 8 heteroatoms. The molecule has 1 aromatic heterocycles. The average molecular weight is 442 g/mol. The van der Waals surface area contributed by atoms with E-state index in [9.17, 15) is 0 Å². The number of aryl methyl sites for hydroxylation is 1. The lowest BCUT2D eigenvalue weighted by molar-refractivity contribution is 0.262. The minimum absolute atomic E-state index is 0. The van der Waals surface area contributed by atoms with Crippen molar-refractivity contribution in [3.8, 4) is 5.75 Å². The van der Waals surface area contributed by atoms with Crippen LogP contribution in [0.25, 0.3) is 0 Å². The van der Waals surface area contributed by atoms with Gasteiger partial charge in [-0.15, -0.1) is 34.2 Å². The van der Waals surface area contributed by atoms with Crippen LogP contribution in [0.2, 0.25) is 0 Å². The molecule has 3 N–H and O–H groups in total. The van der Waals surface area contributed by atoms with Crippen LogP contribution in [0.1, 0.15) is 30.8 Å². The summed E-state index contributed by atoms with van der Waals surface area (Å²) in [5, 5.41) is 11.3. The molecule has 1 aromatic carbocycles. The Labute approximate surface area is 158 Å². The molecule has 1 aliphatic heterocycles. The summed E-state index contributed by atoms with van der Waals surface area (Å²) in [7, 11) is 0. The maximum absolute atomic E-state index is 6.03. The molecule has 2 heterocycles. The van der Waals surface area contributed by atoms with Crippen LogP contribution in [0, 0.1) is 0 Å². The van der Waals surface area contributed by atoms with Gasteiger partial charge in [-0.2, -0.15) is 0 Å². The molecular formula is C16H23IN6O. The van der Waals surface area contributed by atoms with E-state index in [1.807, 2.05) is 22.8 Å². The van der Waals surface area contributed by atoms with E-state index in [-0.39, 0.29) is 30.0 Å². The van der Waals surface area contributed by atoms with Gasteiger partial charge in [-0.05, 0) is 6.07 Å². The van der Waals surface area contributed by atoms with E-state index in [0.29, 0.717) is 19.1 Å². The maximum atomic E-state index is 6.03. The van der Waals surface area contributed by atoms with Gasteiger partial charge in [0.2, 0.25) is 0 Å². The molecule has 0 fully saturated rings. The number of guanidine groups is 1. The third kappa shape index (κ3) is 4.37. The van der Waals surface area contributed by atoms with Crippen molar-refractivity contribution in [2.75, 3.05) is 13.2 Å². The molecule has 0 bridgehead atoms. The van der Waals surface area contributed by atoms with Crippen LogP contribution >= 0.6 is 24.0 Å². The van der Waals surface area contributed by atoms with Gasteiger partial charge in [0.15, 0.2) is 5.96 Å². The van der Waals surface area contributed by atoms with E-state index in [1.54, 1.807) is 6.33 Å². The zero-order valence-electron chi connectivity index (χ0n) is 13.7. The van der Waals surface area contributed by atoms with Gasteiger partial charge < -0.3 is 20.4 Å². The number of aliphatic imine (C=N–C) groups is 1. The summed E-state index contributed by atoms with van der Waals surface area (Å²) < 4.78 is 7.65. The maximum Gasteiger partial charge on any atom is 0.189 e. The standard InChI is InChI=1S/C16H22N6O.HI/c1-2-15-21-19-11-22(15)9-8-18-16(17)20-13-7-10-23-14-6-4-3-5-12(13)14;/h3-6,11,13H,2,7-10H2,1H3,(H3,17,18,20);1H. The van der Waals surface area contributed by atoms with Crippen molar-refractivity contribution in [3.63, 3.8) is 0 Å². The Balaban J connectivity index is 0.00000208. The Morgan fingerprint density at radius 3 is 3.12 bits per heavy atom. The molecule has 1 unspecified atom stereocenters. The molecule has 2 aromatic rings. The van der Waals surface area contributed by atoms with Gasteiger partial charge in [-0.3, -0.25) is 4.99 Å². The minimum Gasteiger partial charge on any atom is -0.493 e. The van der Waals surface area contributed by atoms with Crippen LogP contribution in [-0.2, 0) is 13.0 Å². The van der Waals surface area contributed by atoms with Gasteiger partial charge in [-0.1, -0.05) is 25.1 Å². The molecule has 0 aliphatic carbocycles. The lowest BCUT2D eigenvalue weighted by Gasteiger charge is -2.26. The highest BCUT2D eigenvalue weighted by Crippen LogP contribution is 2.31. The first-order chi connectivity index (χ1) is 11.3. The Hall–Kier alpha value is -1.84. The molecule has 0 spiro atoms. The summed E-state index contributed by atoms with van der Waals surface area (Å²) in [4.78, 5) is 4.41. The topological polar surface area (TPSA) is 90.4 Å². The number of nitrogens with one attached hydrogen (secondary N) is 1. The number of fused-ring (bicyclic) bond motifs is 1. The predicted molar refractivity (Wildman–Crippen MR) is 104 cm³/mol. The Bertz CT molecular complexity index is 687. The molecule has 24 heavy (non-hydrogen) atoms. The van der Waals surface area contributed by atoms with Gasteiger partial charge in [-0.25, -0.2) is 0 Å². The number of halogens is 1. The first-order valence-corrected chi connectivity index (χ1v) is 7.92. The highest BCUT2D eigenvalue weighted by molar-refractivity contribution is 14.0. The molecule has 0 amide bonds. The number of nitrogens with zero attached hydrogens (tertiary/aromatic N) is 4. The van der Waals surface area contributed by atoms with Crippen molar-refractivity contribution in [3.05, 3.63) is 42.0 Å². The van der Waals surface area contributed by atoms with E-state index < -0.39 is 0 Å². The fraction of sp³-hybridized carbons (Fsp3) is 0.438. The number of hydrogen-bond donors (Lipinski definition) is 2. The van der Waals surface area contributed by atoms with Crippen LogP contribution in [0.5, 0.6) is 5.75 Å². The van der Waals surface area contributed by atoms with Crippen LogP contribution in [0.3, 0.4) is 0 Å². The monoisotopic (exact) mass is 442 g/mol. The van der Waals surface area contributed by atoms with Gasteiger partial charge in [0.25, 0.3) is 0 Å². The summed E-state index contributed by atoms with van der Waals surface area (Å²) in [5.41, 5.74) is 7.16. The molecule has 3 rings (SSSR count). The van der Waals surface area contributed by atoms with Crippen molar-refractivity contribution in [1.29, 1.82) is 0 Å². The third-order valence-corrected chi connectivity index (χ3v) is 3.92. The summed E-state index contributed by atoms with van der Waals surface area (Å²) in [5.74, 6) is 2.34. The molecule has 130 valence electrons. The zero-order valence-corrected chi connectivity index (χ0v) is 16.0. The molecule has 7 nitrogen and oxygen atoms in total. The fourth-order valence-electron chi connectivity index (χ4n) is 2.73. The normalized spacial score (nSPS) is 16.7. The van der Waals surface area contributed by atoms with Crippen LogP contribution in [-0.4, -0.2) is 33.9 Å². The number of hydrogen-bond acceptors (Lipinski definition) is 4. The second-order valence-electron chi connectivity index (χ2n) is 5.43. The Kier molecular flexibility index (Phi) is 6.83. The van der Waals surface area contributed by atoms with Crippen LogP contribution < -0.4 is 15.8 Å². The number of benzene rings is 1. The Morgan fingerprint density at radius 1 is 1.46 bits per heavy atom. The number of para-hydroxylation sites is 1. The van der Waals surface area contributed by atoms with Crippen molar-refractivity contribution in [1.82, 2.24) is 20.1 Å². The zero-order chi connectivity index (χ0) is 16.1. The van der Waals surface area contributed by atoms with E-state index in [2.05, 4.69) is 33.5 Å². The lowest BCUT2D eigenvalue weighted by Crippen LogP contribution is -2.37. The number of nitrogens with two attached hydrogens (primary N) is 1. The third-order valence-electron chi connectivity index (χ3n) is 3.92. The van der Waals surface area contributed by atoms with Crippen LogP contribution in [0.4, 0.5) is 0 Å². The van der Waals surface area contributed by atoms with Gasteiger partial charge in [0.05, 0.1) is 19.2 Å². The lowest BCUT2D eigenvalue weighted by atomic mass is 10.0. The molecular weight excluding hydrogens is 419 g/mol. The predicted octanol–water partition coefficient (Wildman–Crippen LogP) is 1.89. The first-order valence-electron chi connectivity index (χ1n) is 7.92. The minimum atomic E-state index is 0. The van der Waals surface area contributed by atoms with Crippen molar-refractivity contribution in [2.45, 2.75) is 32.4 Å². The van der Waals surface area contributed by atoms with Crippen molar-refractivity contribution >= 4 is 29.9 Å². The smallest absolute Gasteiger partial charge is 0.189 e. The van der Waals surface area contributed by atoms with E-state index in [0.717, 1.165) is 36.5 Å². The second kappa shape index (κ2) is 8.86. The molecule has 0 radical (unpaired) electrons. The summed E-state index contributed by atoms with van der Waals surface area (Å²) >= 11 is 0. The Morgan fingerprint density at radius 2 is 2.29 bits per heavy atom. The number of ether oxygens (including phenoxy) is 1. The molecule has 0 saturated heterocycles. The second-order valence-corrected chi connectivity index (χ2v) is 5.43. The van der Waals surface area contributed by atoms with Crippen molar-refractivity contribution in [2.24, 2.45) is 10.7 Å². The van der Waals surface area contributed by atoms with Crippen molar-refractivity contribution < 1.29 is 4.74 Å². The highest BCUT2D eigenvalue weighted by atomic mass is 127. The summed E-state index contributed by atoms with van der Waals surface area (Å²) in [6.45, 7) is 4.06. The number of aromatic nitrogens is 3. The largest absolute Gasteiger partial charge is 0.493 e. The van der Waals surface area contributed by atoms with Gasteiger partial charge in [0, 0.05) is 24.9 Å². The first kappa shape index (κ1) is 18.5. The van der Waals surface area contributed by atoms with Gasteiger partial charge in [0.1, 0.15) is 17.9 Å². The van der Waals surface area contributed by atoms with E-state index in [1.165, 1.54) is 0 Å². The summed E-state index contributed by atoms with van der Waals surface area (Å²) in [6.07, 6.45) is 3.46. The average Bonchev–Trinajstić information content (AvgIpc) is 3.03. The fourth-order valence-corrected chi connectivity index (χ4v) is 2.73. The highest BCUT2D eigenvalue weighted by Gasteiger charge is 2.21. The quantitative estimate of drug-likeness (QED) is 0.420. The SMILES string of the molecule is CCc1nncn1CCN=C(N)NC1CCOc2ccccc21.I. The molecule has 0 saturated carbocycles. The molecule has 1 aliphatic rings. The molecule has 1 atom stereocenters. The van der Waals surface area contributed by atoms with Crippen LogP contribution in [0.15, 0.2) is 35.6 Å². The number of rotatable bonds is 5.